The van der Waals surface area contributed by atoms with Gasteiger partial charge in [0.2, 0.25) is 0 Å². The molecule has 0 N–H and O–H groups in total. The van der Waals surface area contributed by atoms with Crippen molar-refractivity contribution in [2.75, 3.05) is 0 Å². The Labute approximate surface area is 105 Å². The molecular weight excluding hydrogens is 252 g/mol. The highest BCUT2D eigenvalue weighted by molar-refractivity contribution is 7.86. The summed E-state index contributed by atoms with van der Waals surface area (Å²) in [4.78, 5) is -0.00258. The highest BCUT2D eigenvalue weighted by Crippen LogP contribution is 2.23. The van der Waals surface area contributed by atoms with Gasteiger partial charge in [0.05, 0.1) is 13.0 Å². The van der Waals surface area contributed by atoms with Crippen molar-refractivity contribution in [3.8, 4) is 0 Å². The summed E-state index contributed by atoms with van der Waals surface area (Å²) >= 11 is 0. The van der Waals surface area contributed by atoms with E-state index in [0.29, 0.717) is 0 Å². The first-order valence-corrected chi connectivity index (χ1v) is 9.99. The Hall–Kier alpha value is -0.653. The number of hydrogen-bond acceptors (Lipinski definition) is 3. The van der Waals surface area contributed by atoms with Gasteiger partial charge in [0, 0.05) is 0 Å². The Bertz CT molecular complexity index is 470. The van der Waals surface area contributed by atoms with Gasteiger partial charge in [-0.05, 0) is 11.3 Å². The molecule has 0 radical (unpaired) electrons. The molecule has 1 rings (SSSR count). The molecule has 0 aliphatic heterocycles. The van der Waals surface area contributed by atoms with Crippen LogP contribution in [0, 0.1) is 0 Å². The lowest BCUT2D eigenvalue weighted by Gasteiger charge is -2.31. The van der Waals surface area contributed by atoms with Gasteiger partial charge >= 0.3 is 0 Å². The third-order valence-corrected chi connectivity index (χ3v) is 10.5. The Morgan fingerprint density at radius 3 is 1.94 bits per heavy atom. The molecule has 0 amide bonds. The van der Waals surface area contributed by atoms with Crippen LogP contribution in [0.15, 0.2) is 29.2 Å². The summed E-state index contributed by atoms with van der Waals surface area (Å²) in [7, 11) is -6.19. The van der Waals surface area contributed by atoms with Gasteiger partial charge < -0.3 is 4.55 Å². The molecule has 0 heterocycles. The summed E-state index contributed by atoms with van der Waals surface area (Å²) in [5, 5.41) is 0.808. The lowest BCUT2D eigenvalue weighted by Crippen LogP contribution is -2.48. The highest BCUT2D eigenvalue weighted by Gasteiger charge is 2.32. The molecule has 0 saturated heterocycles. The topological polar surface area (TPSA) is 57.2 Å². The van der Waals surface area contributed by atoms with E-state index in [0.717, 1.165) is 23.3 Å². The van der Waals surface area contributed by atoms with Crippen molar-refractivity contribution in [2.24, 2.45) is 0 Å². The molecule has 0 bridgehead atoms. The van der Waals surface area contributed by atoms with E-state index in [9.17, 15) is 13.0 Å². The van der Waals surface area contributed by atoms with E-state index in [4.69, 9.17) is 0 Å². The van der Waals surface area contributed by atoms with Crippen LogP contribution < -0.4 is 5.19 Å². The van der Waals surface area contributed by atoms with E-state index in [1.165, 1.54) is 6.07 Å². The smallest absolute Gasteiger partial charge is 0.124 e. The zero-order valence-electron chi connectivity index (χ0n) is 10.6. The third-order valence-electron chi connectivity index (χ3n) is 3.76. The van der Waals surface area contributed by atoms with Crippen LogP contribution in [-0.2, 0) is 10.1 Å². The van der Waals surface area contributed by atoms with Gasteiger partial charge in [-0.1, -0.05) is 57.1 Å². The van der Waals surface area contributed by atoms with Crippen molar-refractivity contribution < 1.29 is 13.0 Å². The van der Waals surface area contributed by atoms with Gasteiger partial charge in [-0.25, -0.2) is 8.42 Å². The molecule has 0 spiro atoms. The van der Waals surface area contributed by atoms with Gasteiger partial charge in [0.1, 0.15) is 10.1 Å². The van der Waals surface area contributed by atoms with Crippen molar-refractivity contribution in [3.63, 3.8) is 0 Å². The van der Waals surface area contributed by atoms with E-state index in [1.807, 2.05) is 12.1 Å². The number of rotatable bonds is 5. The Morgan fingerprint density at radius 2 is 1.53 bits per heavy atom. The molecule has 0 aliphatic carbocycles. The van der Waals surface area contributed by atoms with E-state index in [-0.39, 0.29) is 4.90 Å². The fourth-order valence-corrected chi connectivity index (χ4v) is 7.75. The van der Waals surface area contributed by atoms with Gasteiger partial charge in [0.25, 0.3) is 0 Å². The highest BCUT2D eigenvalue weighted by atomic mass is 32.2. The fraction of sp³-hybridized carbons (Fsp3) is 0.500. The fourth-order valence-electron chi connectivity index (χ4n) is 2.44. The number of hydrogen-bond donors (Lipinski definition) is 0. The Morgan fingerprint density at radius 1 is 1.06 bits per heavy atom. The molecule has 17 heavy (non-hydrogen) atoms. The maximum Gasteiger partial charge on any atom is 0.124 e. The molecular formula is C12H19O3SSi-. The van der Waals surface area contributed by atoms with Gasteiger partial charge in [-0.3, -0.25) is 0 Å². The zero-order valence-corrected chi connectivity index (χ0v) is 12.4. The summed E-state index contributed by atoms with van der Waals surface area (Å²) < 4.78 is 33.9. The zero-order chi connectivity index (χ0) is 13.1. The van der Waals surface area contributed by atoms with Crippen molar-refractivity contribution >= 4 is 23.4 Å². The monoisotopic (exact) mass is 271 g/mol. The minimum absolute atomic E-state index is 0.00258. The normalized spacial score (nSPS) is 12.7. The maximum absolute atomic E-state index is 11.3. The first kappa shape index (κ1) is 14.4. The summed E-state index contributed by atoms with van der Waals surface area (Å²) in [5.74, 6) is 0. The van der Waals surface area contributed by atoms with Crippen molar-refractivity contribution in [1.82, 2.24) is 0 Å². The second kappa shape index (κ2) is 5.33. The molecule has 5 heteroatoms. The van der Waals surface area contributed by atoms with Crippen molar-refractivity contribution in [3.05, 3.63) is 24.3 Å². The lowest BCUT2D eigenvalue weighted by molar-refractivity contribution is 0.463. The molecule has 1 aromatic carbocycles. The molecule has 0 aliphatic rings. The minimum Gasteiger partial charge on any atom is -0.744 e. The van der Waals surface area contributed by atoms with Crippen LogP contribution in [0.2, 0.25) is 18.1 Å². The SMILES string of the molecule is CC[Si](CC)(CC)c1ccccc1S(=O)(=O)[O-]. The standard InChI is InChI=1S/C12H20O3SSi/c1-4-17(5-2,6-3)12-10-8-7-9-11(12)16(13,14)15/h7-10H,4-6H2,1-3H3,(H,13,14,15)/p-1. The molecule has 0 aromatic heterocycles. The summed E-state index contributed by atoms with van der Waals surface area (Å²) in [6.07, 6.45) is 0. The van der Waals surface area contributed by atoms with E-state index >= 15 is 0 Å². The molecule has 0 saturated carbocycles. The van der Waals surface area contributed by atoms with Crippen molar-refractivity contribution in [1.29, 1.82) is 0 Å². The van der Waals surface area contributed by atoms with E-state index in [2.05, 4.69) is 20.8 Å². The summed E-state index contributed by atoms with van der Waals surface area (Å²) in [5.41, 5.74) is 0. The van der Waals surface area contributed by atoms with Gasteiger partial charge in [-0.2, -0.15) is 0 Å². The maximum atomic E-state index is 11.3. The van der Waals surface area contributed by atoms with Crippen LogP contribution in [0.1, 0.15) is 20.8 Å². The Balaban J connectivity index is 3.50. The number of benzene rings is 1. The lowest BCUT2D eigenvalue weighted by atomic mass is 10.4. The first-order chi connectivity index (χ1) is 7.91. The van der Waals surface area contributed by atoms with Crippen LogP contribution in [0.25, 0.3) is 0 Å². The second-order valence-electron chi connectivity index (χ2n) is 4.29. The van der Waals surface area contributed by atoms with Crippen LogP contribution in [0.3, 0.4) is 0 Å². The molecule has 1 aromatic rings. The van der Waals surface area contributed by atoms with Crippen LogP contribution in [0.5, 0.6) is 0 Å². The second-order valence-corrected chi connectivity index (χ2v) is 10.9. The predicted octanol–water partition coefficient (Wildman–Crippen LogP) is 2.31. The quantitative estimate of drug-likeness (QED) is 0.610. The van der Waals surface area contributed by atoms with Gasteiger partial charge in [-0.15, -0.1) is 0 Å². The molecule has 0 atom stereocenters. The minimum atomic E-state index is -4.36. The van der Waals surface area contributed by atoms with E-state index in [1.54, 1.807) is 6.07 Å². The van der Waals surface area contributed by atoms with Crippen molar-refractivity contribution in [2.45, 2.75) is 43.8 Å². The summed E-state index contributed by atoms with van der Waals surface area (Å²) in [6, 6.07) is 9.61. The molecule has 0 unspecified atom stereocenters. The molecule has 3 nitrogen and oxygen atoms in total. The molecule has 0 fully saturated rings. The average molecular weight is 271 g/mol. The Kier molecular flexibility index (Phi) is 4.52. The summed E-state index contributed by atoms with van der Waals surface area (Å²) in [6.45, 7) is 6.27. The van der Waals surface area contributed by atoms with Gasteiger partial charge in [0.15, 0.2) is 0 Å². The van der Waals surface area contributed by atoms with E-state index < -0.39 is 18.2 Å². The third kappa shape index (κ3) is 2.78. The first-order valence-electron chi connectivity index (χ1n) is 5.96. The van der Waals surface area contributed by atoms with Crippen LogP contribution in [-0.4, -0.2) is 21.0 Å². The van der Waals surface area contributed by atoms with Crippen LogP contribution in [0.4, 0.5) is 0 Å². The predicted molar refractivity (Wildman–Crippen MR) is 71.2 cm³/mol. The average Bonchev–Trinajstić information content (AvgIpc) is 2.31. The molecule has 96 valence electrons. The largest absolute Gasteiger partial charge is 0.744 e. The van der Waals surface area contributed by atoms with Crippen LogP contribution >= 0.6 is 0 Å².